The van der Waals surface area contributed by atoms with Crippen molar-refractivity contribution in [2.24, 2.45) is 0 Å². The summed E-state index contributed by atoms with van der Waals surface area (Å²) in [6, 6.07) is 3.54. The second-order valence-corrected chi connectivity index (χ2v) is 5.55. The van der Waals surface area contributed by atoms with Gasteiger partial charge in [0.05, 0.1) is 12.6 Å². The van der Waals surface area contributed by atoms with E-state index < -0.39 is 17.7 Å². The number of aliphatic hydroxyl groups is 1. The Morgan fingerprint density at radius 1 is 1.39 bits per heavy atom. The molecule has 0 saturated carbocycles. The van der Waals surface area contributed by atoms with Crippen LogP contribution >= 0.6 is 0 Å². The summed E-state index contributed by atoms with van der Waals surface area (Å²) in [6.45, 7) is 0.960. The van der Waals surface area contributed by atoms with Gasteiger partial charge < -0.3 is 14.4 Å². The first-order chi connectivity index (χ1) is 11.1. The summed E-state index contributed by atoms with van der Waals surface area (Å²) in [5.74, 6) is -0.964. The molecule has 1 aromatic carbocycles. The van der Waals surface area contributed by atoms with Gasteiger partial charge in [0.15, 0.2) is 17.5 Å². The third-order valence-electron chi connectivity index (χ3n) is 3.83. The number of rotatable bonds is 5. The number of likely N-dealkylation sites (tertiary alicyclic amines) is 1. The van der Waals surface area contributed by atoms with Crippen molar-refractivity contribution in [1.82, 2.24) is 15.0 Å². The molecule has 0 spiro atoms. The normalized spacial score (nSPS) is 21.9. The second-order valence-electron chi connectivity index (χ2n) is 5.55. The van der Waals surface area contributed by atoms with Crippen LogP contribution in [0.1, 0.15) is 29.7 Å². The molecule has 0 unspecified atom stereocenters. The molecule has 1 aromatic heterocycles. The van der Waals surface area contributed by atoms with Gasteiger partial charge in [-0.15, -0.1) is 0 Å². The summed E-state index contributed by atoms with van der Waals surface area (Å²) in [5.41, 5.74) is 0.608. The first-order valence-corrected chi connectivity index (χ1v) is 7.24. The van der Waals surface area contributed by atoms with Crippen molar-refractivity contribution >= 4 is 0 Å². The highest BCUT2D eigenvalue weighted by molar-refractivity contribution is 5.23. The lowest BCUT2D eigenvalue weighted by Gasteiger charge is -2.22. The Hall–Kier alpha value is -1.90. The summed E-state index contributed by atoms with van der Waals surface area (Å²) in [5, 5.41) is 13.7. The number of halogens is 2. The summed E-state index contributed by atoms with van der Waals surface area (Å²) in [7, 11) is 1.53. The molecule has 0 radical (unpaired) electrons. The largest absolute Gasteiger partial charge is 0.392 e. The third-order valence-corrected chi connectivity index (χ3v) is 3.83. The van der Waals surface area contributed by atoms with Crippen LogP contribution in [0.25, 0.3) is 0 Å². The van der Waals surface area contributed by atoms with Crippen LogP contribution in [0, 0.1) is 11.6 Å². The van der Waals surface area contributed by atoms with Gasteiger partial charge in [0, 0.05) is 19.7 Å². The highest BCUT2D eigenvalue weighted by Gasteiger charge is 2.33. The SMILES string of the molecule is COCc1noc(CN2C[C@@H](O)C[C@@H]2c2ccc(F)c(F)c2)n1. The van der Waals surface area contributed by atoms with Crippen molar-refractivity contribution in [3.63, 3.8) is 0 Å². The molecule has 2 aromatic rings. The Labute approximate surface area is 131 Å². The smallest absolute Gasteiger partial charge is 0.240 e. The average Bonchev–Trinajstić information content (AvgIpc) is 3.09. The standard InChI is InChI=1S/C15H17F2N3O3/c1-22-8-14-18-15(23-19-14)7-20-6-10(21)5-13(20)9-2-3-11(16)12(17)4-9/h2-4,10,13,21H,5-8H2,1H3/t10-,13+/m0/s1. The zero-order valence-corrected chi connectivity index (χ0v) is 12.6. The third kappa shape index (κ3) is 3.54. The Balaban J connectivity index is 1.77. The van der Waals surface area contributed by atoms with E-state index in [1.54, 1.807) is 0 Å². The van der Waals surface area contributed by atoms with E-state index in [0.717, 1.165) is 12.1 Å². The molecule has 1 N–H and O–H groups in total. The maximum atomic E-state index is 13.5. The van der Waals surface area contributed by atoms with Gasteiger partial charge >= 0.3 is 0 Å². The fraction of sp³-hybridized carbons (Fsp3) is 0.467. The molecule has 1 aliphatic heterocycles. The Morgan fingerprint density at radius 2 is 2.22 bits per heavy atom. The second kappa shape index (κ2) is 6.69. The Morgan fingerprint density at radius 3 is 2.96 bits per heavy atom. The van der Waals surface area contributed by atoms with E-state index in [4.69, 9.17) is 9.26 Å². The number of hydrogen-bond acceptors (Lipinski definition) is 6. The fourth-order valence-electron chi connectivity index (χ4n) is 2.84. The number of hydrogen-bond donors (Lipinski definition) is 1. The lowest BCUT2D eigenvalue weighted by Crippen LogP contribution is -2.24. The monoisotopic (exact) mass is 325 g/mol. The highest BCUT2D eigenvalue weighted by Crippen LogP contribution is 2.33. The van der Waals surface area contributed by atoms with Gasteiger partial charge in [-0.2, -0.15) is 4.98 Å². The summed E-state index contributed by atoms with van der Waals surface area (Å²) < 4.78 is 36.6. The molecule has 8 heteroatoms. The van der Waals surface area contributed by atoms with Crippen molar-refractivity contribution < 1.29 is 23.1 Å². The van der Waals surface area contributed by atoms with Crippen LogP contribution in [-0.4, -0.2) is 39.9 Å². The van der Waals surface area contributed by atoms with Crippen LogP contribution in [0.5, 0.6) is 0 Å². The Kier molecular flexibility index (Phi) is 4.65. The van der Waals surface area contributed by atoms with Crippen LogP contribution in [-0.2, 0) is 17.9 Å². The van der Waals surface area contributed by atoms with Crippen molar-refractivity contribution in [3.05, 3.63) is 47.1 Å². The molecule has 1 fully saturated rings. The molecule has 0 aliphatic carbocycles. The van der Waals surface area contributed by atoms with E-state index in [9.17, 15) is 13.9 Å². The molecule has 3 rings (SSSR count). The first kappa shape index (κ1) is 16.0. The number of ether oxygens (including phenoxy) is 1. The van der Waals surface area contributed by atoms with Gasteiger partial charge in [-0.05, 0) is 24.1 Å². The number of β-amino-alcohol motifs (C(OH)–C–C–N with tert-alkyl or cyclic N) is 1. The average molecular weight is 325 g/mol. The lowest BCUT2D eigenvalue weighted by atomic mass is 10.0. The van der Waals surface area contributed by atoms with E-state index >= 15 is 0 Å². The lowest BCUT2D eigenvalue weighted by molar-refractivity contribution is 0.164. The van der Waals surface area contributed by atoms with Crippen molar-refractivity contribution in [1.29, 1.82) is 0 Å². The van der Waals surface area contributed by atoms with Gasteiger partial charge in [0.25, 0.3) is 0 Å². The molecule has 23 heavy (non-hydrogen) atoms. The molecule has 1 saturated heterocycles. The fourth-order valence-corrected chi connectivity index (χ4v) is 2.84. The molecule has 0 amide bonds. The summed E-state index contributed by atoms with van der Waals surface area (Å²) in [4.78, 5) is 6.09. The maximum absolute atomic E-state index is 13.5. The van der Waals surface area contributed by atoms with Gasteiger partial charge in [0.2, 0.25) is 5.89 Å². The van der Waals surface area contributed by atoms with Crippen molar-refractivity contribution in [2.75, 3.05) is 13.7 Å². The van der Waals surface area contributed by atoms with E-state index in [2.05, 4.69) is 10.1 Å². The highest BCUT2D eigenvalue weighted by atomic mass is 19.2. The van der Waals surface area contributed by atoms with Crippen LogP contribution in [0.4, 0.5) is 8.78 Å². The van der Waals surface area contributed by atoms with Crippen molar-refractivity contribution in [2.45, 2.75) is 31.7 Å². The van der Waals surface area contributed by atoms with E-state index in [1.165, 1.54) is 13.2 Å². The van der Waals surface area contributed by atoms with Crippen LogP contribution in [0.2, 0.25) is 0 Å². The molecular formula is C15H17F2N3O3. The van der Waals surface area contributed by atoms with E-state index in [1.807, 2.05) is 4.90 Å². The molecule has 124 valence electrons. The zero-order chi connectivity index (χ0) is 16.4. The van der Waals surface area contributed by atoms with Crippen LogP contribution < -0.4 is 0 Å². The van der Waals surface area contributed by atoms with Gasteiger partial charge in [0.1, 0.15) is 6.61 Å². The summed E-state index contributed by atoms with van der Waals surface area (Å²) >= 11 is 0. The van der Waals surface area contributed by atoms with Crippen LogP contribution in [0.3, 0.4) is 0 Å². The minimum atomic E-state index is -0.899. The van der Waals surface area contributed by atoms with Gasteiger partial charge in [-0.1, -0.05) is 11.2 Å². The quantitative estimate of drug-likeness (QED) is 0.904. The molecule has 2 atom stereocenters. The predicted molar refractivity (Wildman–Crippen MR) is 75.1 cm³/mol. The topological polar surface area (TPSA) is 71.6 Å². The number of aliphatic hydroxyl groups excluding tert-OH is 1. The van der Waals surface area contributed by atoms with Crippen molar-refractivity contribution in [3.8, 4) is 0 Å². The van der Waals surface area contributed by atoms with Gasteiger partial charge in [-0.25, -0.2) is 8.78 Å². The predicted octanol–water partition coefficient (Wildman–Crippen LogP) is 1.80. The molecule has 2 heterocycles. The van der Waals surface area contributed by atoms with E-state index in [0.29, 0.717) is 36.8 Å². The van der Waals surface area contributed by atoms with E-state index in [-0.39, 0.29) is 12.6 Å². The number of methoxy groups -OCH3 is 1. The number of benzene rings is 1. The molecule has 6 nitrogen and oxygen atoms in total. The van der Waals surface area contributed by atoms with Gasteiger partial charge in [-0.3, -0.25) is 4.90 Å². The molecule has 1 aliphatic rings. The first-order valence-electron chi connectivity index (χ1n) is 7.24. The molecular weight excluding hydrogens is 308 g/mol. The number of aromatic nitrogens is 2. The number of nitrogens with zero attached hydrogens (tertiary/aromatic N) is 3. The summed E-state index contributed by atoms with van der Waals surface area (Å²) in [6.07, 6.45) is -0.112. The minimum Gasteiger partial charge on any atom is -0.392 e. The molecule has 0 bridgehead atoms. The van der Waals surface area contributed by atoms with Crippen LogP contribution in [0.15, 0.2) is 22.7 Å². The maximum Gasteiger partial charge on any atom is 0.240 e. The zero-order valence-electron chi connectivity index (χ0n) is 12.6. The Bertz CT molecular complexity index is 680. The minimum absolute atomic E-state index is 0.238.